The first kappa shape index (κ1) is 24.7. The fourth-order valence-corrected chi connectivity index (χ4v) is 5.15. The molecule has 7 aromatic rings. The number of rotatable bonds is 5. The fraction of sp³-hybridized carbons (Fsp3) is 0.0833. The minimum atomic E-state index is 0.269. The van der Waals surface area contributed by atoms with Gasteiger partial charge in [0.2, 0.25) is 0 Å². The molecule has 41 heavy (non-hydrogen) atoms. The van der Waals surface area contributed by atoms with Gasteiger partial charge in [-0.05, 0) is 35.2 Å². The summed E-state index contributed by atoms with van der Waals surface area (Å²) in [5.74, 6) is 2.20. The minimum Gasteiger partial charge on any atom is -0.254 e. The van der Waals surface area contributed by atoms with Crippen molar-refractivity contribution in [1.29, 1.82) is 0 Å². The zero-order valence-corrected chi connectivity index (χ0v) is 22.9. The Balaban J connectivity index is 1.43. The van der Waals surface area contributed by atoms with E-state index in [4.69, 9.17) is 24.9 Å². The monoisotopic (exact) mass is 529 g/mol. The lowest BCUT2D eigenvalue weighted by atomic mass is 9.95. The van der Waals surface area contributed by atoms with E-state index < -0.39 is 0 Å². The molecule has 5 nitrogen and oxygen atoms in total. The van der Waals surface area contributed by atoms with Crippen LogP contribution in [0.2, 0.25) is 0 Å². The molecule has 0 unspecified atom stereocenters. The van der Waals surface area contributed by atoms with Crippen molar-refractivity contribution in [3.8, 4) is 45.3 Å². The van der Waals surface area contributed by atoms with Gasteiger partial charge in [0.1, 0.15) is 0 Å². The van der Waals surface area contributed by atoms with Crippen LogP contribution in [0.1, 0.15) is 25.5 Å². The second-order valence-corrected chi connectivity index (χ2v) is 10.4. The Labute approximate surface area is 238 Å². The highest BCUT2D eigenvalue weighted by Crippen LogP contribution is 2.35. The highest BCUT2D eigenvalue weighted by Gasteiger charge is 2.16. The molecule has 0 N–H and O–H groups in total. The van der Waals surface area contributed by atoms with Gasteiger partial charge in [0.05, 0.1) is 11.0 Å². The SMILES string of the molecule is CC(C)c1cc(-c2cccc(-c3nc(-c4ccccc4)nc(-c4ccccc4)n3)c2)c2ccc3cccnc3c2n1. The summed E-state index contributed by atoms with van der Waals surface area (Å²) >= 11 is 0. The predicted octanol–water partition coefficient (Wildman–Crippen LogP) is 8.76. The van der Waals surface area contributed by atoms with Crippen molar-refractivity contribution >= 4 is 21.8 Å². The normalized spacial score (nSPS) is 11.4. The molecule has 3 aromatic heterocycles. The molecule has 0 aliphatic rings. The van der Waals surface area contributed by atoms with Crippen LogP contribution in [-0.4, -0.2) is 24.9 Å². The Morgan fingerprint density at radius 1 is 0.488 bits per heavy atom. The zero-order valence-electron chi connectivity index (χ0n) is 22.9. The van der Waals surface area contributed by atoms with Gasteiger partial charge in [0.25, 0.3) is 0 Å². The van der Waals surface area contributed by atoms with Crippen LogP contribution in [0.25, 0.3) is 67.1 Å². The molecule has 4 aromatic carbocycles. The maximum atomic E-state index is 5.06. The van der Waals surface area contributed by atoms with Gasteiger partial charge in [-0.2, -0.15) is 0 Å². The van der Waals surface area contributed by atoms with E-state index in [0.717, 1.165) is 55.3 Å². The molecule has 196 valence electrons. The van der Waals surface area contributed by atoms with Gasteiger partial charge in [-0.1, -0.05) is 111 Å². The third-order valence-corrected chi connectivity index (χ3v) is 7.29. The molecule has 7 rings (SSSR count). The topological polar surface area (TPSA) is 64.5 Å². The third-order valence-electron chi connectivity index (χ3n) is 7.29. The third kappa shape index (κ3) is 4.72. The molecule has 3 heterocycles. The van der Waals surface area contributed by atoms with Crippen molar-refractivity contribution < 1.29 is 0 Å². The van der Waals surface area contributed by atoms with E-state index in [-0.39, 0.29) is 5.92 Å². The summed E-state index contributed by atoms with van der Waals surface area (Å²) in [7, 11) is 0. The minimum absolute atomic E-state index is 0.269. The number of hydrogen-bond acceptors (Lipinski definition) is 5. The zero-order chi connectivity index (χ0) is 27.8. The number of hydrogen-bond donors (Lipinski definition) is 0. The highest BCUT2D eigenvalue weighted by atomic mass is 15.0. The molecule has 0 aliphatic carbocycles. The van der Waals surface area contributed by atoms with E-state index in [2.05, 4.69) is 62.4 Å². The number of benzene rings is 4. The molecule has 0 atom stereocenters. The quantitative estimate of drug-likeness (QED) is 0.209. The molecule has 5 heteroatoms. The van der Waals surface area contributed by atoms with Crippen molar-refractivity contribution in [2.24, 2.45) is 0 Å². The molecule has 0 amide bonds. The smallest absolute Gasteiger partial charge is 0.164 e. The van der Waals surface area contributed by atoms with Gasteiger partial charge in [0.15, 0.2) is 17.5 Å². The van der Waals surface area contributed by atoms with Gasteiger partial charge >= 0.3 is 0 Å². The standard InChI is InChI=1S/C36H27N5/c1-23(2)31-22-30(29-19-18-24-17-10-20-37-32(24)33(29)38-31)27-15-9-16-28(21-27)36-40-34(25-11-5-3-6-12-25)39-35(41-36)26-13-7-4-8-14-26/h3-23H,1-2H3. The van der Waals surface area contributed by atoms with Crippen molar-refractivity contribution in [2.45, 2.75) is 19.8 Å². The Kier molecular flexibility index (Phi) is 6.25. The lowest BCUT2D eigenvalue weighted by molar-refractivity contribution is 0.831. The number of pyridine rings is 2. The summed E-state index contributed by atoms with van der Waals surface area (Å²) in [5, 5.41) is 2.16. The maximum Gasteiger partial charge on any atom is 0.164 e. The van der Waals surface area contributed by atoms with Crippen molar-refractivity contribution in [2.75, 3.05) is 0 Å². The summed E-state index contributed by atoms with van der Waals surface area (Å²) in [5.41, 5.74) is 7.90. The van der Waals surface area contributed by atoms with E-state index in [0.29, 0.717) is 17.5 Å². The summed E-state index contributed by atoms with van der Waals surface area (Å²) in [6.07, 6.45) is 1.83. The second-order valence-electron chi connectivity index (χ2n) is 10.4. The van der Waals surface area contributed by atoms with Crippen LogP contribution in [0.4, 0.5) is 0 Å². The molecule has 0 fully saturated rings. The summed E-state index contributed by atoms with van der Waals surface area (Å²) in [6, 6.07) is 39.1. The molecule has 0 bridgehead atoms. The Morgan fingerprint density at radius 2 is 1.10 bits per heavy atom. The van der Waals surface area contributed by atoms with Gasteiger partial charge in [0, 0.05) is 39.4 Å². The van der Waals surface area contributed by atoms with E-state index in [1.165, 1.54) is 0 Å². The van der Waals surface area contributed by atoms with E-state index in [1.807, 2.05) is 72.9 Å². The maximum absolute atomic E-state index is 5.06. The number of nitrogens with zero attached hydrogens (tertiary/aromatic N) is 5. The van der Waals surface area contributed by atoms with Gasteiger partial charge in [-0.15, -0.1) is 0 Å². The summed E-state index contributed by atoms with van der Waals surface area (Å²) in [4.78, 5) is 24.5. The largest absolute Gasteiger partial charge is 0.254 e. The fourth-order valence-electron chi connectivity index (χ4n) is 5.15. The first-order valence-corrected chi connectivity index (χ1v) is 13.8. The van der Waals surface area contributed by atoms with E-state index in [1.54, 1.807) is 0 Å². The molecule has 0 saturated heterocycles. The molecular formula is C36H27N5. The van der Waals surface area contributed by atoms with Crippen molar-refractivity contribution in [3.63, 3.8) is 0 Å². The Bertz CT molecular complexity index is 1960. The summed E-state index contributed by atoms with van der Waals surface area (Å²) in [6.45, 7) is 4.35. The number of fused-ring (bicyclic) bond motifs is 3. The molecule has 0 spiro atoms. The van der Waals surface area contributed by atoms with Crippen LogP contribution < -0.4 is 0 Å². The first-order valence-electron chi connectivity index (χ1n) is 13.8. The van der Waals surface area contributed by atoms with E-state index >= 15 is 0 Å². The lowest BCUT2D eigenvalue weighted by Gasteiger charge is -2.14. The number of aromatic nitrogens is 5. The van der Waals surface area contributed by atoms with Gasteiger partial charge < -0.3 is 0 Å². The van der Waals surface area contributed by atoms with Crippen molar-refractivity contribution in [1.82, 2.24) is 24.9 Å². The predicted molar refractivity (Wildman–Crippen MR) is 166 cm³/mol. The molecule has 0 aliphatic heterocycles. The van der Waals surface area contributed by atoms with Crippen LogP contribution in [-0.2, 0) is 0 Å². The Hall–Kier alpha value is -5.29. The van der Waals surface area contributed by atoms with Gasteiger partial charge in [-0.25, -0.2) is 15.0 Å². The van der Waals surface area contributed by atoms with Crippen LogP contribution in [0.3, 0.4) is 0 Å². The highest BCUT2D eigenvalue weighted by molar-refractivity contribution is 6.08. The van der Waals surface area contributed by atoms with E-state index in [9.17, 15) is 0 Å². The average molecular weight is 530 g/mol. The molecular weight excluding hydrogens is 502 g/mol. The average Bonchev–Trinajstić information content (AvgIpc) is 3.04. The lowest BCUT2D eigenvalue weighted by Crippen LogP contribution is -2.00. The van der Waals surface area contributed by atoms with Crippen LogP contribution in [0.5, 0.6) is 0 Å². The molecule has 0 saturated carbocycles. The van der Waals surface area contributed by atoms with Crippen LogP contribution >= 0.6 is 0 Å². The van der Waals surface area contributed by atoms with Gasteiger partial charge in [-0.3, -0.25) is 9.97 Å². The van der Waals surface area contributed by atoms with Crippen LogP contribution in [0.15, 0.2) is 121 Å². The first-order chi connectivity index (χ1) is 20.1. The van der Waals surface area contributed by atoms with Crippen LogP contribution in [0, 0.1) is 0 Å². The Morgan fingerprint density at radius 3 is 1.76 bits per heavy atom. The second kappa shape index (κ2) is 10.4. The summed E-state index contributed by atoms with van der Waals surface area (Å²) < 4.78 is 0. The molecule has 0 radical (unpaired) electrons. The van der Waals surface area contributed by atoms with Crippen molar-refractivity contribution in [3.05, 3.63) is 127 Å².